The average molecular weight is 454 g/mol. The topological polar surface area (TPSA) is 115 Å². The van der Waals surface area contributed by atoms with Crippen LogP contribution in [-0.4, -0.2) is 17.0 Å². The zero-order chi connectivity index (χ0) is 23.2. The maximum Gasteiger partial charge on any atom is 0.264 e. The highest BCUT2D eigenvalue weighted by Gasteiger charge is 2.23. The molecule has 1 amide bonds. The van der Waals surface area contributed by atoms with E-state index in [2.05, 4.69) is 16.4 Å². The third-order valence-corrected chi connectivity index (χ3v) is 5.58. The maximum atomic E-state index is 12.3. The van der Waals surface area contributed by atoms with Gasteiger partial charge >= 0.3 is 0 Å². The molecular weight excluding hydrogens is 438 g/mol. The number of nitrogens with one attached hydrogen (secondary N) is 1. The molecule has 0 saturated carbocycles. The number of ether oxygens (including phenoxy) is 1. The summed E-state index contributed by atoms with van der Waals surface area (Å²) in [6.07, 6.45) is 1.73. The standard InChI is InChI=1S/C25H17N3O4S/c26-14-18-4-1-2-5-19(18)15-32-21-10-8-16(9-11-21)12-22-23(29)28-25(33-22)27-20-7-3-6-17(13-20)24(30)31/h1-13H,15H2,(H,30,31)(H,27,28,29)/p-1/b22-12+. The first-order valence-electron chi connectivity index (χ1n) is 9.84. The molecule has 1 aliphatic heterocycles. The normalized spacial score (nSPS) is 15.3. The van der Waals surface area contributed by atoms with Crippen LogP contribution in [0.5, 0.6) is 5.75 Å². The average Bonchev–Trinajstić information content (AvgIpc) is 3.17. The number of rotatable bonds is 6. The third-order valence-electron chi connectivity index (χ3n) is 4.67. The number of amides is 1. The Labute approximate surface area is 194 Å². The first-order chi connectivity index (χ1) is 16.0. The molecule has 1 heterocycles. The molecule has 0 radical (unpaired) electrons. The zero-order valence-corrected chi connectivity index (χ0v) is 18.0. The van der Waals surface area contributed by atoms with Gasteiger partial charge in [0.2, 0.25) is 0 Å². The van der Waals surface area contributed by atoms with Crippen molar-refractivity contribution in [2.45, 2.75) is 6.61 Å². The van der Waals surface area contributed by atoms with Crippen LogP contribution in [0.15, 0.2) is 82.7 Å². The van der Waals surface area contributed by atoms with Crippen LogP contribution in [0, 0.1) is 11.3 Å². The molecule has 0 unspecified atom stereocenters. The summed E-state index contributed by atoms with van der Waals surface area (Å²) in [6.45, 7) is 0.279. The molecule has 8 heteroatoms. The second-order valence-corrected chi connectivity index (χ2v) is 7.98. The first kappa shape index (κ1) is 21.9. The van der Waals surface area contributed by atoms with E-state index in [9.17, 15) is 14.7 Å². The quantitative estimate of drug-likeness (QED) is 0.571. The van der Waals surface area contributed by atoms with E-state index >= 15 is 0 Å². The van der Waals surface area contributed by atoms with Gasteiger partial charge in [0.1, 0.15) is 12.4 Å². The number of amidine groups is 1. The zero-order valence-electron chi connectivity index (χ0n) is 17.1. The van der Waals surface area contributed by atoms with Crippen LogP contribution in [0.3, 0.4) is 0 Å². The van der Waals surface area contributed by atoms with Crippen LogP contribution in [0.1, 0.15) is 27.0 Å². The Morgan fingerprint density at radius 2 is 1.91 bits per heavy atom. The Kier molecular flexibility index (Phi) is 6.53. The summed E-state index contributed by atoms with van der Waals surface area (Å²) in [7, 11) is 0. The number of carboxylic acid groups (broad SMARTS) is 1. The van der Waals surface area contributed by atoms with E-state index in [1.54, 1.807) is 36.4 Å². The summed E-state index contributed by atoms with van der Waals surface area (Å²) >= 11 is 1.16. The van der Waals surface area contributed by atoms with Crippen LogP contribution in [0.2, 0.25) is 0 Å². The summed E-state index contributed by atoms with van der Waals surface area (Å²) in [5.74, 6) is -0.936. The Morgan fingerprint density at radius 3 is 2.67 bits per heavy atom. The molecular formula is C25H16N3O4S-. The molecule has 0 spiro atoms. The molecule has 4 rings (SSSR count). The van der Waals surface area contributed by atoms with Crippen molar-refractivity contribution in [3.63, 3.8) is 0 Å². The number of carboxylic acids is 1. The first-order valence-corrected chi connectivity index (χ1v) is 10.7. The van der Waals surface area contributed by atoms with E-state index in [0.29, 0.717) is 27.1 Å². The van der Waals surface area contributed by atoms with Crippen LogP contribution >= 0.6 is 11.8 Å². The van der Waals surface area contributed by atoms with Gasteiger partial charge < -0.3 is 20.0 Å². The van der Waals surface area contributed by atoms with Crippen LogP contribution in [-0.2, 0) is 11.4 Å². The number of carbonyl (C=O) groups is 2. The minimum absolute atomic E-state index is 0.0142. The Hall–Kier alpha value is -4.35. The predicted octanol–water partition coefficient (Wildman–Crippen LogP) is 3.39. The van der Waals surface area contributed by atoms with E-state index in [-0.39, 0.29) is 18.1 Å². The predicted molar refractivity (Wildman–Crippen MR) is 124 cm³/mol. The van der Waals surface area contributed by atoms with Gasteiger partial charge in [-0.15, -0.1) is 0 Å². The minimum Gasteiger partial charge on any atom is -0.545 e. The van der Waals surface area contributed by atoms with Gasteiger partial charge in [0, 0.05) is 5.56 Å². The van der Waals surface area contributed by atoms with Gasteiger partial charge in [-0.2, -0.15) is 5.26 Å². The van der Waals surface area contributed by atoms with Gasteiger partial charge in [0.05, 0.1) is 28.2 Å². The van der Waals surface area contributed by atoms with Crippen molar-refractivity contribution in [1.82, 2.24) is 5.32 Å². The SMILES string of the molecule is N#Cc1ccccc1COc1ccc(/C=C2/SC(=Nc3cccc(C(=O)[O-])c3)NC2=O)cc1. The van der Waals surface area contributed by atoms with E-state index < -0.39 is 5.97 Å². The molecule has 0 atom stereocenters. The van der Waals surface area contributed by atoms with E-state index in [1.165, 1.54) is 12.1 Å². The fourth-order valence-corrected chi connectivity index (χ4v) is 3.87. The summed E-state index contributed by atoms with van der Waals surface area (Å²) in [5, 5.41) is 23.2. The van der Waals surface area contributed by atoms with E-state index in [1.807, 2.05) is 30.3 Å². The van der Waals surface area contributed by atoms with Crippen molar-refractivity contribution >= 4 is 40.6 Å². The van der Waals surface area contributed by atoms with Gasteiger partial charge in [0.15, 0.2) is 5.17 Å². The van der Waals surface area contributed by atoms with Crippen LogP contribution in [0.4, 0.5) is 5.69 Å². The van der Waals surface area contributed by atoms with Gasteiger partial charge in [0.25, 0.3) is 5.91 Å². The molecule has 0 bridgehead atoms. The van der Waals surface area contributed by atoms with E-state index in [0.717, 1.165) is 22.9 Å². The number of aliphatic imine (C=N–C) groups is 1. The number of hydrogen-bond acceptors (Lipinski definition) is 7. The van der Waals surface area contributed by atoms with Crippen molar-refractivity contribution in [2.24, 2.45) is 4.99 Å². The minimum atomic E-state index is -1.29. The molecule has 3 aromatic carbocycles. The lowest BCUT2D eigenvalue weighted by atomic mass is 10.1. The molecule has 0 aliphatic carbocycles. The third kappa shape index (κ3) is 5.47. The van der Waals surface area contributed by atoms with Gasteiger partial charge in [-0.3, -0.25) is 4.79 Å². The lowest BCUT2D eigenvalue weighted by Gasteiger charge is -2.07. The van der Waals surface area contributed by atoms with Crippen LogP contribution in [0.25, 0.3) is 6.08 Å². The van der Waals surface area contributed by atoms with Crippen molar-refractivity contribution < 1.29 is 19.4 Å². The highest BCUT2D eigenvalue weighted by Crippen LogP contribution is 2.28. The van der Waals surface area contributed by atoms with Crippen molar-refractivity contribution in [3.8, 4) is 11.8 Å². The second-order valence-electron chi connectivity index (χ2n) is 6.95. The van der Waals surface area contributed by atoms with Gasteiger partial charge in [-0.05, 0) is 59.3 Å². The van der Waals surface area contributed by atoms with Gasteiger partial charge in [-0.25, -0.2) is 4.99 Å². The Balaban J connectivity index is 1.43. The second kappa shape index (κ2) is 9.85. The van der Waals surface area contributed by atoms with Crippen molar-refractivity contribution in [1.29, 1.82) is 5.26 Å². The lowest BCUT2D eigenvalue weighted by Crippen LogP contribution is -2.22. The monoisotopic (exact) mass is 454 g/mol. The number of nitrogens with zero attached hydrogens (tertiary/aromatic N) is 2. The van der Waals surface area contributed by atoms with Gasteiger partial charge in [-0.1, -0.05) is 42.5 Å². The van der Waals surface area contributed by atoms with Crippen molar-refractivity contribution in [2.75, 3.05) is 0 Å². The Morgan fingerprint density at radius 1 is 1.12 bits per heavy atom. The summed E-state index contributed by atoms with van der Waals surface area (Å²) < 4.78 is 5.77. The smallest absolute Gasteiger partial charge is 0.264 e. The van der Waals surface area contributed by atoms with Crippen LogP contribution < -0.4 is 15.2 Å². The number of thioether (sulfide) groups is 1. The molecule has 1 fully saturated rings. The largest absolute Gasteiger partial charge is 0.545 e. The van der Waals surface area contributed by atoms with Crippen molar-refractivity contribution in [3.05, 3.63) is 100.0 Å². The number of benzene rings is 3. The molecule has 33 heavy (non-hydrogen) atoms. The molecule has 1 N–H and O–H groups in total. The molecule has 162 valence electrons. The molecule has 1 aliphatic rings. The molecule has 7 nitrogen and oxygen atoms in total. The number of aromatic carboxylic acids is 1. The fourth-order valence-electron chi connectivity index (χ4n) is 3.03. The lowest BCUT2D eigenvalue weighted by molar-refractivity contribution is -0.255. The van der Waals surface area contributed by atoms with E-state index in [4.69, 9.17) is 10.00 Å². The summed E-state index contributed by atoms with van der Waals surface area (Å²) in [5.41, 5.74) is 2.60. The fraction of sp³-hybridized carbons (Fsp3) is 0.0400. The number of hydrogen-bond donors (Lipinski definition) is 1. The number of nitriles is 1. The maximum absolute atomic E-state index is 12.3. The number of carbonyl (C=O) groups excluding carboxylic acids is 2. The summed E-state index contributed by atoms with van der Waals surface area (Å²) in [4.78, 5) is 28.1. The highest BCUT2D eigenvalue weighted by atomic mass is 32.2. The summed E-state index contributed by atoms with van der Waals surface area (Å²) in [6, 6.07) is 22.6. The highest BCUT2D eigenvalue weighted by molar-refractivity contribution is 8.18. The molecule has 3 aromatic rings. The molecule has 0 aromatic heterocycles. The molecule has 1 saturated heterocycles. The Bertz CT molecular complexity index is 1320.